The SMILES string of the molecule is O=C(NS(=O)(=O)C1CC1)c1cc(C2CC2)c(CN2CCC(OCc3ccc(F)cc3Cl)CC2)cc1F.O=C(O)C(F)(F)F. The second-order valence-electron chi connectivity index (χ2n) is 10.8. The molecule has 2 aromatic rings. The summed E-state index contributed by atoms with van der Waals surface area (Å²) >= 11 is 6.08. The highest BCUT2D eigenvalue weighted by molar-refractivity contribution is 7.91. The Bertz CT molecular complexity index is 1460. The van der Waals surface area contributed by atoms with Crippen molar-refractivity contribution in [3.63, 3.8) is 0 Å². The van der Waals surface area contributed by atoms with Crippen LogP contribution in [0.2, 0.25) is 5.02 Å². The van der Waals surface area contributed by atoms with Crippen LogP contribution in [0.4, 0.5) is 22.0 Å². The molecule has 1 saturated heterocycles. The lowest BCUT2D eigenvalue weighted by molar-refractivity contribution is -0.192. The van der Waals surface area contributed by atoms with Gasteiger partial charge in [-0.1, -0.05) is 17.7 Å². The number of hydrogen-bond donors (Lipinski definition) is 2. The Morgan fingerprint density at radius 1 is 1.00 bits per heavy atom. The summed E-state index contributed by atoms with van der Waals surface area (Å²) in [5, 5.41) is 6.93. The van der Waals surface area contributed by atoms with Crippen molar-refractivity contribution in [3.05, 3.63) is 69.2 Å². The predicted molar refractivity (Wildman–Crippen MR) is 146 cm³/mol. The summed E-state index contributed by atoms with van der Waals surface area (Å²) in [6.07, 6.45) is -0.414. The van der Waals surface area contributed by atoms with E-state index in [1.165, 1.54) is 18.2 Å². The molecule has 236 valence electrons. The normalized spacial score (nSPS) is 18.1. The van der Waals surface area contributed by atoms with Crippen LogP contribution in [0.1, 0.15) is 71.5 Å². The third-order valence-electron chi connectivity index (χ3n) is 7.35. The maximum absolute atomic E-state index is 15.0. The maximum atomic E-state index is 15.0. The van der Waals surface area contributed by atoms with E-state index in [-0.39, 0.29) is 23.4 Å². The van der Waals surface area contributed by atoms with Crippen LogP contribution in [0.25, 0.3) is 0 Å². The monoisotopic (exact) mass is 652 g/mol. The fraction of sp³-hybridized carbons (Fsp3) is 0.500. The standard InChI is InChI=1S/C26H29ClF2N2O4S.C2HF3O2/c27-24-12-19(28)4-3-17(24)15-35-20-7-9-31(10-8-20)14-18-11-25(29)23(13-22(18)16-1-2-16)26(32)30-36(33,34)21-5-6-21;3-2(4,5)1(6)7/h3-4,11-13,16,20-21H,1-2,5-10,14-15H2,(H,30,32);(H,6,7). The van der Waals surface area contributed by atoms with Gasteiger partial charge in [-0.25, -0.2) is 26.7 Å². The second-order valence-corrected chi connectivity index (χ2v) is 13.2. The largest absolute Gasteiger partial charge is 0.490 e. The molecule has 2 saturated carbocycles. The van der Waals surface area contributed by atoms with Gasteiger partial charge in [0, 0.05) is 24.7 Å². The van der Waals surface area contributed by atoms with E-state index in [2.05, 4.69) is 4.90 Å². The number of nitrogens with zero attached hydrogens (tertiary/aromatic N) is 1. The van der Waals surface area contributed by atoms with Crippen molar-refractivity contribution >= 4 is 33.5 Å². The first kappa shape index (κ1) is 33.1. The molecule has 43 heavy (non-hydrogen) atoms. The molecular weight excluding hydrogens is 623 g/mol. The molecule has 3 aliphatic rings. The van der Waals surface area contributed by atoms with E-state index >= 15 is 0 Å². The molecule has 2 aromatic carbocycles. The third kappa shape index (κ3) is 9.34. The molecule has 0 radical (unpaired) electrons. The smallest absolute Gasteiger partial charge is 0.475 e. The molecule has 0 aromatic heterocycles. The minimum Gasteiger partial charge on any atom is -0.475 e. The number of carbonyl (C=O) groups is 2. The number of nitrogens with one attached hydrogen (secondary N) is 1. The van der Waals surface area contributed by atoms with Crippen molar-refractivity contribution in [2.75, 3.05) is 13.1 Å². The Balaban J connectivity index is 0.000000541. The van der Waals surface area contributed by atoms with Crippen LogP contribution in [0.5, 0.6) is 0 Å². The summed E-state index contributed by atoms with van der Waals surface area (Å²) in [7, 11) is -3.74. The van der Waals surface area contributed by atoms with E-state index in [0.717, 1.165) is 55.5 Å². The van der Waals surface area contributed by atoms with E-state index in [1.54, 1.807) is 12.1 Å². The number of alkyl halides is 3. The van der Waals surface area contributed by atoms with Crippen molar-refractivity contribution in [3.8, 4) is 0 Å². The van der Waals surface area contributed by atoms with Gasteiger partial charge in [-0.15, -0.1) is 0 Å². The van der Waals surface area contributed by atoms with E-state index in [9.17, 15) is 35.2 Å². The highest BCUT2D eigenvalue weighted by Crippen LogP contribution is 2.43. The lowest BCUT2D eigenvalue weighted by Crippen LogP contribution is -2.37. The van der Waals surface area contributed by atoms with E-state index in [1.807, 2.05) is 4.72 Å². The molecule has 8 nitrogen and oxygen atoms in total. The van der Waals surface area contributed by atoms with Crippen LogP contribution in [0.3, 0.4) is 0 Å². The summed E-state index contributed by atoms with van der Waals surface area (Å²) in [6.45, 7) is 2.42. The molecule has 0 spiro atoms. The first-order valence-electron chi connectivity index (χ1n) is 13.6. The van der Waals surface area contributed by atoms with Crippen molar-refractivity contribution in [1.82, 2.24) is 9.62 Å². The van der Waals surface area contributed by atoms with Gasteiger partial charge >= 0.3 is 12.1 Å². The molecule has 15 heteroatoms. The minimum absolute atomic E-state index is 0.0569. The molecule has 5 rings (SSSR count). The predicted octanol–water partition coefficient (Wildman–Crippen LogP) is 5.53. The van der Waals surface area contributed by atoms with Crippen molar-refractivity contribution in [1.29, 1.82) is 0 Å². The van der Waals surface area contributed by atoms with E-state index in [4.69, 9.17) is 26.2 Å². The number of piperidine rings is 1. The van der Waals surface area contributed by atoms with Crippen molar-refractivity contribution in [2.24, 2.45) is 0 Å². The Morgan fingerprint density at radius 3 is 2.16 bits per heavy atom. The number of likely N-dealkylation sites (tertiary alicyclic amines) is 1. The van der Waals surface area contributed by atoms with E-state index in [0.29, 0.717) is 31.0 Å². The lowest BCUT2D eigenvalue weighted by Gasteiger charge is -2.32. The number of halogens is 6. The van der Waals surface area contributed by atoms with E-state index < -0.39 is 39.1 Å². The fourth-order valence-electron chi connectivity index (χ4n) is 4.68. The molecular formula is C28H30ClF5N2O6S. The molecule has 2 aliphatic carbocycles. The van der Waals surface area contributed by atoms with Crippen LogP contribution in [-0.4, -0.2) is 60.9 Å². The molecule has 1 heterocycles. The molecule has 0 unspecified atom stereocenters. The lowest BCUT2D eigenvalue weighted by atomic mass is 9.97. The van der Waals surface area contributed by atoms with Crippen LogP contribution in [0.15, 0.2) is 30.3 Å². The van der Waals surface area contributed by atoms with Gasteiger partial charge in [0.05, 0.1) is 23.5 Å². The number of rotatable bonds is 9. The number of carbonyl (C=O) groups excluding carboxylic acids is 1. The first-order valence-corrected chi connectivity index (χ1v) is 15.5. The molecule has 0 atom stereocenters. The number of benzene rings is 2. The van der Waals surface area contributed by atoms with Gasteiger partial charge in [0.15, 0.2) is 0 Å². The molecule has 1 amide bonds. The Morgan fingerprint density at radius 2 is 1.63 bits per heavy atom. The van der Waals surface area contributed by atoms with Crippen molar-refractivity contribution < 1.29 is 49.8 Å². The minimum atomic E-state index is -5.08. The second kappa shape index (κ2) is 13.4. The van der Waals surface area contributed by atoms with Crippen LogP contribution >= 0.6 is 11.6 Å². The number of sulfonamides is 1. The summed E-state index contributed by atoms with van der Waals surface area (Å²) < 4.78 is 92.2. The number of ether oxygens (including phenoxy) is 1. The number of aliphatic carboxylic acids is 1. The summed E-state index contributed by atoms with van der Waals surface area (Å²) in [5.74, 6) is -4.46. The van der Waals surface area contributed by atoms with Crippen LogP contribution in [-0.2, 0) is 32.7 Å². The summed E-state index contributed by atoms with van der Waals surface area (Å²) in [4.78, 5) is 23.7. The van der Waals surface area contributed by atoms with Gasteiger partial charge in [0.2, 0.25) is 10.0 Å². The van der Waals surface area contributed by atoms with Crippen LogP contribution in [0, 0.1) is 11.6 Å². The van der Waals surface area contributed by atoms with Gasteiger partial charge in [0.25, 0.3) is 5.91 Å². The van der Waals surface area contributed by atoms with Gasteiger partial charge in [-0.3, -0.25) is 9.69 Å². The van der Waals surface area contributed by atoms with Gasteiger partial charge in [0.1, 0.15) is 11.6 Å². The zero-order valence-electron chi connectivity index (χ0n) is 22.8. The average Bonchev–Trinajstić information content (AvgIpc) is 3.82. The number of hydrogen-bond acceptors (Lipinski definition) is 6. The Labute approximate surface area is 250 Å². The summed E-state index contributed by atoms with van der Waals surface area (Å²) in [5.41, 5.74) is 2.30. The van der Waals surface area contributed by atoms with Crippen molar-refractivity contribution in [2.45, 2.75) is 75.1 Å². The van der Waals surface area contributed by atoms with Gasteiger partial charge in [-0.05, 0) is 85.4 Å². The Kier molecular flexibility index (Phi) is 10.4. The van der Waals surface area contributed by atoms with Gasteiger partial charge < -0.3 is 9.84 Å². The quantitative estimate of drug-likeness (QED) is 0.343. The summed E-state index contributed by atoms with van der Waals surface area (Å²) in [6, 6.07) is 7.21. The number of carboxylic acid groups (broad SMARTS) is 1. The molecule has 3 fully saturated rings. The first-order chi connectivity index (χ1) is 20.1. The number of amides is 1. The maximum Gasteiger partial charge on any atom is 0.490 e. The van der Waals surface area contributed by atoms with Crippen LogP contribution < -0.4 is 4.72 Å². The Hall–Kier alpha value is -2.81. The zero-order chi connectivity index (χ0) is 31.5. The molecule has 1 aliphatic heterocycles. The van der Waals surface area contributed by atoms with Gasteiger partial charge in [-0.2, -0.15) is 13.2 Å². The molecule has 2 N–H and O–H groups in total. The fourth-order valence-corrected chi connectivity index (χ4v) is 6.20. The number of carboxylic acids is 1. The molecule has 0 bridgehead atoms. The highest BCUT2D eigenvalue weighted by atomic mass is 35.5. The average molecular weight is 653 g/mol. The topological polar surface area (TPSA) is 113 Å². The zero-order valence-corrected chi connectivity index (χ0v) is 24.4. The third-order valence-corrected chi connectivity index (χ3v) is 9.52. The highest BCUT2D eigenvalue weighted by Gasteiger charge is 2.39.